The maximum absolute atomic E-state index is 10.5. The number of hydrogen-bond donors (Lipinski definition) is 2. The Hall–Kier alpha value is -0.870. The number of nitrogens with one attached hydrogen (secondary N) is 1. The second-order valence-electron chi connectivity index (χ2n) is 2.42. The SMILES string of the molecule is CNCCc1ccc(C(=O)O)s1. The second-order valence-corrected chi connectivity index (χ2v) is 3.59. The van der Waals surface area contributed by atoms with Gasteiger partial charge in [0.15, 0.2) is 0 Å². The average molecular weight is 185 g/mol. The summed E-state index contributed by atoms with van der Waals surface area (Å²) in [7, 11) is 1.88. The zero-order valence-corrected chi connectivity index (χ0v) is 7.65. The van der Waals surface area contributed by atoms with Crippen molar-refractivity contribution in [3.63, 3.8) is 0 Å². The molecule has 0 aliphatic carbocycles. The van der Waals surface area contributed by atoms with E-state index in [-0.39, 0.29) is 0 Å². The molecule has 66 valence electrons. The predicted molar refractivity (Wildman–Crippen MR) is 48.9 cm³/mol. The van der Waals surface area contributed by atoms with E-state index >= 15 is 0 Å². The van der Waals surface area contributed by atoms with Crippen molar-refractivity contribution in [3.8, 4) is 0 Å². The zero-order valence-electron chi connectivity index (χ0n) is 6.83. The Kier molecular flexibility index (Phi) is 3.25. The van der Waals surface area contributed by atoms with Crippen LogP contribution in [0.2, 0.25) is 0 Å². The molecule has 0 fully saturated rings. The number of hydrogen-bond acceptors (Lipinski definition) is 3. The van der Waals surface area contributed by atoms with Gasteiger partial charge in [-0.05, 0) is 32.1 Å². The van der Waals surface area contributed by atoms with Gasteiger partial charge in [-0.2, -0.15) is 0 Å². The Morgan fingerprint density at radius 1 is 1.67 bits per heavy atom. The van der Waals surface area contributed by atoms with E-state index < -0.39 is 5.97 Å². The molecule has 0 aliphatic rings. The quantitative estimate of drug-likeness (QED) is 0.741. The van der Waals surface area contributed by atoms with E-state index in [1.165, 1.54) is 11.3 Å². The molecule has 4 heteroatoms. The average Bonchev–Trinajstić information content (AvgIpc) is 2.48. The largest absolute Gasteiger partial charge is 0.477 e. The second kappa shape index (κ2) is 4.23. The molecule has 0 bridgehead atoms. The molecule has 0 radical (unpaired) electrons. The molecular weight excluding hydrogens is 174 g/mol. The van der Waals surface area contributed by atoms with Crippen LogP contribution >= 0.6 is 11.3 Å². The van der Waals surface area contributed by atoms with Crippen LogP contribution in [0, 0.1) is 0 Å². The lowest BCUT2D eigenvalue weighted by Crippen LogP contribution is -2.09. The third-order valence-electron chi connectivity index (χ3n) is 1.49. The normalized spacial score (nSPS) is 10.1. The van der Waals surface area contributed by atoms with Crippen LogP contribution in [0.25, 0.3) is 0 Å². The highest BCUT2D eigenvalue weighted by Gasteiger charge is 2.05. The van der Waals surface area contributed by atoms with Gasteiger partial charge in [0.25, 0.3) is 0 Å². The summed E-state index contributed by atoms with van der Waals surface area (Å²) in [6.07, 6.45) is 0.897. The summed E-state index contributed by atoms with van der Waals surface area (Å²) >= 11 is 1.34. The van der Waals surface area contributed by atoms with Gasteiger partial charge in [0.05, 0.1) is 0 Å². The van der Waals surface area contributed by atoms with Gasteiger partial charge in [-0.15, -0.1) is 11.3 Å². The van der Waals surface area contributed by atoms with Crippen molar-refractivity contribution >= 4 is 17.3 Å². The molecule has 0 aromatic carbocycles. The first kappa shape index (κ1) is 9.22. The Balaban J connectivity index is 2.58. The first-order chi connectivity index (χ1) is 5.74. The first-order valence-corrected chi connectivity index (χ1v) is 4.52. The van der Waals surface area contributed by atoms with Gasteiger partial charge in [-0.25, -0.2) is 4.79 Å². The molecule has 1 rings (SSSR count). The molecule has 1 heterocycles. The molecular formula is C8H11NO2S. The summed E-state index contributed by atoms with van der Waals surface area (Å²) < 4.78 is 0. The number of carboxylic acids is 1. The summed E-state index contributed by atoms with van der Waals surface area (Å²) in [4.78, 5) is 12.0. The summed E-state index contributed by atoms with van der Waals surface area (Å²) in [5, 5.41) is 11.6. The molecule has 1 aromatic heterocycles. The van der Waals surface area contributed by atoms with Crippen molar-refractivity contribution in [1.29, 1.82) is 0 Å². The number of rotatable bonds is 4. The van der Waals surface area contributed by atoms with Crippen LogP contribution in [0.4, 0.5) is 0 Å². The molecule has 0 unspecified atom stereocenters. The zero-order chi connectivity index (χ0) is 8.97. The first-order valence-electron chi connectivity index (χ1n) is 3.70. The molecule has 0 spiro atoms. The Bertz CT molecular complexity index is 270. The Labute approximate surface area is 75.0 Å². The van der Waals surface area contributed by atoms with Gasteiger partial charge in [0.1, 0.15) is 4.88 Å². The number of likely N-dealkylation sites (N-methyl/N-ethyl adjacent to an activating group) is 1. The Morgan fingerprint density at radius 3 is 2.92 bits per heavy atom. The fraction of sp³-hybridized carbons (Fsp3) is 0.375. The van der Waals surface area contributed by atoms with Crippen LogP contribution in [0.5, 0.6) is 0 Å². The number of aromatic carboxylic acids is 1. The summed E-state index contributed by atoms with van der Waals surface area (Å²) in [5.74, 6) is -0.837. The van der Waals surface area contributed by atoms with Gasteiger partial charge in [-0.3, -0.25) is 0 Å². The van der Waals surface area contributed by atoms with E-state index in [9.17, 15) is 4.79 Å². The van der Waals surface area contributed by atoms with Crippen molar-refractivity contribution in [1.82, 2.24) is 5.32 Å². The third-order valence-corrected chi connectivity index (χ3v) is 2.63. The highest BCUT2D eigenvalue weighted by atomic mass is 32.1. The molecule has 3 nitrogen and oxygen atoms in total. The van der Waals surface area contributed by atoms with Gasteiger partial charge in [0, 0.05) is 4.88 Å². The van der Waals surface area contributed by atoms with Crippen molar-refractivity contribution in [2.45, 2.75) is 6.42 Å². The Morgan fingerprint density at radius 2 is 2.42 bits per heavy atom. The number of thiophene rings is 1. The highest BCUT2D eigenvalue weighted by Crippen LogP contribution is 2.16. The number of carbonyl (C=O) groups is 1. The van der Waals surface area contributed by atoms with Crippen LogP contribution < -0.4 is 5.32 Å². The monoisotopic (exact) mass is 185 g/mol. The van der Waals surface area contributed by atoms with E-state index in [4.69, 9.17) is 5.11 Å². The van der Waals surface area contributed by atoms with Gasteiger partial charge >= 0.3 is 5.97 Å². The highest BCUT2D eigenvalue weighted by molar-refractivity contribution is 7.13. The smallest absolute Gasteiger partial charge is 0.345 e. The van der Waals surface area contributed by atoms with Gasteiger partial charge < -0.3 is 10.4 Å². The summed E-state index contributed by atoms with van der Waals surface area (Å²) in [6, 6.07) is 3.52. The van der Waals surface area contributed by atoms with Crippen molar-refractivity contribution < 1.29 is 9.90 Å². The van der Waals surface area contributed by atoms with Crippen LogP contribution in [0.3, 0.4) is 0 Å². The number of carboxylic acid groups (broad SMARTS) is 1. The van der Waals surface area contributed by atoms with E-state index in [0.29, 0.717) is 4.88 Å². The van der Waals surface area contributed by atoms with Crippen molar-refractivity contribution in [2.24, 2.45) is 0 Å². The van der Waals surface area contributed by atoms with Gasteiger partial charge in [0.2, 0.25) is 0 Å². The third kappa shape index (κ3) is 2.32. The molecule has 0 aliphatic heterocycles. The van der Waals surface area contributed by atoms with E-state index in [1.807, 2.05) is 13.1 Å². The minimum absolute atomic E-state index is 0.418. The lowest BCUT2D eigenvalue weighted by molar-refractivity contribution is 0.0702. The summed E-state index contributed by atoms with van der Waals surface area (Å²) in [5.41, 5.74) is 0. The van der Waals surface area contributed by atoms with E-state index in [1.54, 1.807) is 6.07 Å². The maximum atomic E-state index is 10.5. The molecule has 0 saturated heterocycles. The predicted octanol–water partition coefficient (Wildman–Crippen LogP) is 1.21. The topological polar surface area (TPSA) is 49.3 Å². The standard InChI is InChI=1S/C8H11NO2S/c1-9-5-4-6-2-3-7(12-6)8(10)11/h2-3,9H,4-5H2,1H3,(H,10,11). The minimum Gasteiger partial charge on any atom is -0.477 e. The molecule has 0 atom stereocenters. The minimum atomic E-state index is -0.837. The van der Waals surface area contributed by atoms with Gasteiger partial charge in [-0.1, -0.05) is 0 Å². The van der Waals surface area contributed by atoms with Crippen LogP contribution in [0.15, 0.2) is 12.1 Å². The van der Waals surface area contributed by atoms with Crippen molar-refractivity contribution in [3.05, 3.63) is 21.9 Å². The van der Waals surface area contributed by atoms with Crippen LogP contribution in [-0.2, 0) is 6.42 Å². The maximum Gasteiger partial charge on any atom is 0.345 e. The molecule has 0 saturated carbocycles. The molecule has 12 heavy (non-hydrogen) atoms. The molecule has 2 N–H and O–H groups in total. The van der Waals surface area contributed by atoms with Crippen molar-refractivity contribution in [2.75, 3.05) is 13.6 Å². The van der Waals surface area contributed by atoms with E-state index in [2.05, 4.69) is 5.32 Å². The molecule has 1 aromatic rings. The van der Waals surface area contributed by atoms with Crippen LogP contribution in [-0.4, -0.2) is 24.7 Å². The fourth-order valence-corrected chi connectivity index (χ4v) is 1.72. The summed E-state index contributed by atoms with van der Waals surface area (Å²) in [6.45, 7) is 0.888. The molecule has 0 amide bonds. The fourth-order valence-electron chi connectivity index (χ4n) is 0.875. The lowest BCUT2D eigenvalue weighted by atomic mass is 10.3. The van der Waals surface area contributed by atoms with E-state index in [0.717, 1.165) is 17.8 Å². The lowest BCUT2D eigenvalue weighted by Gasteiger charge is -1.93. The van der Waals surface area contributed by atoms with Crippen LogP contribution in [0.1, 0.15) is 14.5 Å².